The summed E-state index contributed by atoms with van der Waals surface area (Å²) in [6, 6.07) is 0. The first-order chi connectivity index (χ1) is 8.19. The minimum atomic E-state index is -0.816. The smallest absolute Gasteiger partial charge is 0.332 e. The van der Waals surface area contributed by atoms with E-state index in [0.717, 1.165) is 45.7 Å². The van der Waals surface area contributed by atoms with Crippen LogP contribution in [-0.4, -0.2) is 72.4 Å². The van der Waals surface area contributed by atoms with Gasteiger partial charge in [-0.05, 0) is 19.4 Å². The molecule has 17 heavy (non-hydrogen) atoms. The molecule has 5 nitrogen and oxygen atoms in total. The summed E-state index contributed by atoms with van der Waals surface area (Å²) in [7, 11) is 0. The summed E-state index contributed by atoms with van der Waals surface area (Å²) in [5.41, 5.74) is 0. The van der Waals surface area contributed by atoms with Crippen molar-refractivity contribution in [1.29, 1.82) is 0 Å². The van der Waals surface area contributed by atoms with E-state index in [1.807, 2.05) is 0 Å². The molecule has 0 amide bonds. The molecular weight excluding hydrogens is 220 g/mol. The van der Waals surface area contributed by atoms with Gasteiger partial charge in [0.25, 0.3) is 0 Å². The Labute approximate surface area is 102 Å². The number of nitrogens with zero attached hydrogens (tertiary/aromatic N) is 2. The van der Waals surface area contributed by atoms with Crippen LogP contribution in [0.25, 0.3) is 0 Å². The molecule has 2 fully saturated rings. The average Bonchev–Trinajstić information content (AvgIpc) is 2.79. The first-order valence-electron chi connectivity index (χ1n) is 6.52. The Kier molecular flexibility index (Phi) is 4.36. The van der Waals surface area contributed by atoms with Crippen LogP contribution >= 0.6 is 0 Å². The van der Waals surface area contributed by atoms with Crippen LogP contribution in [-0.2, 0) is 9.53 Å². The zero-order valence-corrected chi connectivity index (χ0v) is 10.5. The van der Waals surface area contributed by atoms with Crippen molar-refractivity contribution in [3.05, 3.63) is 0 Å². The van der Waals surface area contributed by atoms with Gasteiger partial charge in [0.15, 0.2) is 6.10 Å². The third-order valence-electron chi connectivity index (χ3n) is 3.76. The predicted molar refractivity (Wildman–Crippen MR) is 64.1 cm³/mol. The molecule has 98 valence electrons. The summed E-state index contributed by atoms with van der Waals surface area (Å²) >= 11 is 0. The molecule has 0 aromatic heterocycles. The lowest BCUT2D eigenvalue weighted by Gasteiger charge is -2.35. The summed E-state index contributed by atoms with van der Waals surface area (Å²) in [6.45, 7) is 8.58. The normalized spacial score (nSPS) is 31.8. The maximum Gasteiger partial charge on any atom is 0.332 e. The van der Waals surface area contributed by atoms with Gasteiger partial charge in [-0.15, -0.1) is 0 Å². The molecule has 2 aliphatic heterocycles. The van der Waals surface area contributed by atoms with Crippen LogP contribution in [0.3, 0.4) is 0 Å². The van der Waals surface area contributed by atoms with Crippen molar-refractivity contribution in [1.82, 2.24) is 9.80 Å². The van der Waals surface area contributed by atoms with E-state index >= 15 is 0 Å². The number of piperazine rings is 1. The van der Waals surface area contributed by atoms with E-state index < -0.39 is 12.1 Å². The lowest BCUT2D eigenvalue weighted by Crippen LogP contribution is -2.48. The Morgan fingerprint density at radius 2 is 1.88 bits per heavy atom. The standard InChI is InChI=1S/C12H22N2O3/c1-2-13-5-7-14(8-6-13)9-10-3-4-11(17-10)12(15)16/h10-11H,2-9H2,1H3,(H,15,16)/t10-,11+/m1/s1. The number of ether oxygens (including phenoxy) is 1. The van der Waals surface area contributed by atoms with Crippen molar-refractivity contribution < 1.29 is 14.6 Å². The molecule has 0 bridgehead atoms. The topological polar surface area (TPSA) is 53.0 Å². The van der Waals surface area contributed by atoms with Crippen LogP contribution in [0.15, 0.2) is 0 Å². The molecule has 0 saturated carbocycles. The molecule has 0 unspecified atom stereocenters. The molecule has 2 atom stereocenters. The van der Waals surface area contributed by atoms with Crippen molar-refractivity contribution in [3.8, 4) is 0 Å². The van der Waals surface area contributed by atoms with Crippen molar-refractivity contribution in [2.75, 3.05) is 39.3 Å². The quantitative estimate of drug-likeness (QED) is 0.766. The van der Waals surface area contributed by atoms with Gasteiger partial charge in [-0.1, -0.05) is 6.92 Å². The van der Waals surface area contributed by atoms with E-state index in [4.69, 9.17) is 9.84 Å². The Morgan fingerprint density at radius 1 is 1.24 bits per heavy atom. The number of carboxylic acids is 1. The van der Waals surface area contributed by atoms with Crippen LogP contribution in [0.4, 0.5) is 0 Å². The third-order valence-corrected chi connectivity index (χ3v) is 3.76. The number of aliphatic carboxylic acids is 1. The second kappa shape index (κ2) is 5.80. The first-order valence-corrected chi connectivity index (χ1v) is 6.52. The van der Waals surface area contributed by atoms with Gasteiger partial charge in [0, 0.05) is 32.7 Å². The largest absolute Gasteiger partial charge is 0.479 e. The van der Waals surface area contributed by atoms with Crippen LogP contribution in [0.1, 0.15) is 19.8 Å². The molecule has 1 N–H and O–H groups in total. The molecule has 2 rings (SSSR count). The maximum absolute atomic E-state index is 10.8. The fourth-order valence-corrected chi connectivity index (χ4v) is 2.60. The van der Waals surface area contributed by atoms with E-state index in [9.17, 15) is 4.79 Å². The Balaban J connectivity index is 1.70. The number of hydrogen-bond donors (Lipinski definition) is 1. The lowest BCUT2D eigenvalue weighted by atomic mass is 10.2. The fourth-order valence-electron chi connectivity index (χ4n) is 2.60. The maximum atomic E-state index is 10.8. The molecule has 0 aliphatic carbocycles. The summed E-state index contributed by atoms with van der Waals surface area (Å²) in [5, 5.41) is 8.86. The van der Waals surface area contributed by atoms with Gasteiger partial charge in [0.05, 0.1) is 6.10 Å². The average molecular weight is 242 g/mol. The predicted octanol–water partition coefficient (Wildman–Crippen LogP) is 0.256. The SMILES string of the molecule is CCN1CCN(C[C@H]2CC[C@@H](C(=O)O)O2)CC1. The Hall–Kier alpha value is -0.650. The number of carboxylic acid groups (broad SMARTS) is 1. The van der Waals surface area contributed by atoms with E-state index in [2.05, 4.69) is 16.7 Å². The van der Waals surface area contributed by atoms with Crippen LogP contribution in [0, 0.1) is 0 Å². The molecule has 0 aromatic rings. The molecule has 2 aliphatic rings. The lowest BCUT2D eigenvalue weighted by molar-refractivity contribution is -0.149. The van der Waals surface area contributed by atoms with Crippen molar-refractivity contribution in [2.24, 2.45) is 0 Å². The van der Waals surface area contributed by atoms with Gasteiger partial charge >= 0.3 is 5.97 Å². The van der Waals surface area contributed by atoms with Crippen molar-refractivity contribution in [2.45, 2.75) is 32.0 Å². The summed E-state index contributed by atoms with van der Waals surface area (Å²) in [6.07, 6.45) is 1.08. The summed E-state index contributed by atoms with van der Waals surface area (Å²) in [4.78, 5) is 15.6. The molecule has 2 saturated heterocycles. The molecule has 2 heterocycles. The molecule has 0 aromatic carbocycles. The van der Waals surface area contributed by atoms with Crippen LogP contribution in [0.2, 0.25) is 0 Å². The second-order valence-electron chi connectivity index (χ2n) is 4.90. The third kappa shape index (κ3) is 3.40. The van der Waals surface area contributed by atoms with Gasteiger partial charge in [-0.25, -0.2) is 4.79 Å². The highest BCUT2D eigenvalue weighted by atomic mass is 16.5. The number of hydrogen-bond acceptors (Lipinski definition) is 4. The van der Waals surface area contributed by atoms with E-state index in [-0.39, 0.29) is 6.10 Å². The van der Waals surface area contributed by atoms with Gasteiger partial charge in [0.1, 0.15) is 0 Å². The number of likely N-dealkylation sites (N-methyl/N-ethyl adjacent to an activating group) is 1. The van der Waals surface area contributed by atoms with Gasteiger partial charge in [-0.2, -0.15) is 0 Å². The monoisotopic (exact) mass is 242 g/mol. The fraction of sp³-hybridized carbons (Fsp3) is 0.917. The van der Waals surface area contributed by atoms with Crippen molar-refractivity contribution >= 4 is 5.97 Å². The summed E-state index contributed by atoms with van der Waals surface area (Å²) < 4.78 is 5.52. The zero-order valence-electron chi connectivity index (χ0n) is 10.5. The van der Waals surface area contributed by atoms with E-state index in [0.29, 0.717) is 6.42 Å². The number of carbonyl (C=O) groups is 1. The minimum Gasteiger partial charge on any atom is -0.479 e. The highest BCUT2D eigenvalue weighted by Crippen LogP contribution is 2.21. The van der Waals surface area contributed by atoms with Crippen molar-refractivity contribution in [3.63, 3.8) is 0 Å². The number of rotatable bonds is 4. The van der Waals surface area contributed by atoms with Gasteiger partial charge < -0.3 is 14.7 Å². The first kappa shape index (κ1) is 12.8. The molecular formula is C12H22N2O3. The van der Waals surface area contributed by atoms with Gasteiger partial charge in [-0.3, -0.25) is 4.90 Å². The molecule has 0 spiro atoms. The molecule has 0 radical (unpaired) electrons. The van der Waals surface area contributed by atoms with Crippen LogP contribution < -0.4 is 0 Å². The highest BCUT2D eigenvalue weighted by molar-refractivity contribution is 5.72. The Morgan fingerprint density at radius 3 is 2.41 bits per heavy atom. The second-order valence-corrected chi connectivity index (χ2v) is 4.90. The Bertz CT molecular complexity index is 264. The zero-order chi connectivity index (χ0) is 12.3. The highest BCUT2D eigenvalue weighted by Gasteiger charge is 2.31. The van der Waals surface area contributed by atoms with Gasteiger partial charge in [0.2, 0.25) is 0 Å². The van der Waals surface area contributed by atoms with E-state index in [1.165, 1.54) is 0 Å². The summed E-state index contributed by atoms with van der Waals surface area (Å²) in [5.74, 6) is -0.816. The van der Waals surface area contributed by atoms with Crippen LogP contribution in [0.5, 0.6) is 0 Å². The minimum absolute atomic E-state index is 0.115. The molecule has 5 heteroatoms. The van der Waals surface area contributed by atoms with E-state index in [1.54, 1.807) is 0 Å².